The number of hydrogen-bond acceptors (Lipinski definition) is 6. The fourth-order valence-corrected chi connectivity index (χ4v) is 6.42. The van der Waals surface area contributed by atoms with Gasteiger partial charge in [0.05, 0.1) is 9.79 Å². The molecule has 2 aromatic carbocycles. The Morgan fingerprint density at radius 1 is 0.882 bits per heavy atom. The zero-order valence-electron chi connectivity index (χ0n) is 19.1. The maximum absolute atomic E-state index is 12.8. The molecule has 1 aliphatic carbocycles. The van der Waals surface area contributed by atoms with Gasteiger partial charge >= 0.3 is 0 Å². The van der Waals surface area contributed by atoms with E-state index >= 15 is 0 Å². The fraction of sp³-hybridized carbons (Fsp3) is 0.435. The second-order valence-corrected chi connectivity index (χ2v) is 12.5. The summed E-state index contributed by atoms with van der Waals surface area (Å²) >= 11 is 0. The van der Waals surface area contributed by atoms with Gasteiger partial charge in [-0.1, -0.05) is 12.1 Å². The largest absolute Gasteiger partial charge is 0.326 e. The summed E-state index contributed by atoms with van der Waals surface area (Å²) in [5, 5.41) is 2.78. The van der Waals surface area contributed by atoms with Gasteiger partial charge in [0.15, 0.2) is 0 Å². The lowest BCUT2D eigenvalue weighted by Gasteiger charge is -2.31. The van der Waals surface area contributed by atoms with Crippen LogP contribution in [0, 0.1) is 0 Å². The molecule has 1 amide bonds. The van der Waals surface area contributed by atoms with Crippen LogP contribution in [0.1, 0.15) is 24.8 Å². The average molecular weight is 507 g/mol. The van der Waals surface area contributed by atoms with Gasteiger partial charge in [-0.25, -0.2) is 21.6 Å². The Hall–Kier alpha value is -2.31. The Bertz CT molecular complexity index is 1220. The molecule has 2 aliphatic rings. The van der Waals surface area contributed by atoms with Crippen molar-refractivity contribution in [1.82, 2.24) is 13.9 Å². The van der Waals surface area contributed by atoms with E-state index in [4.69, 9.17) is 0 Å². The first-order chi connectivity index (χ1) is 16.1. The lowest BCUT2D eigenvalue weighted by molar-refractivity contribution is -0.116. The summed E-state index contributed by atoms with van der Waals surface area (Å²) in [6.07, 6.45) is 2.42. The second-order valence-electron chi connectivity index (χ2n) is 8.82. The van der Waals surface area contributed by atoms with E-state index in [1.165, 1.54) is 16.4 Å². The molecule has 0 aromatic heterocycles. The molecule has 9 nitrogen and oxygen atoms in total. The van der Waals surface area contributed by atoms with Crippen molar-refractivity contribution >= 4 is 31.6 Å². The number of benzene rings is 2. The molecule has 1 aliphatic heterocycles. The number of amides is 1. The number of rotatable bonds is 9. The first kappa shape index (κ1) is 24.8. The number of anilines is 1. The third-order valence-electron chi connectivity index (χ3n) is 6.01. The highest BCUT2D eigenvalue weighted by atomic mass is 32.2. The summed E-state index contributed by atoms with van der Waals surface area (Å²) in [4.78, 5) is 14.9. The van der Waals surface area contributed by atoms with E-state index in [1.54, 1.807) is 36.4 Å². The van der Waals surface area contributed by atoms with Crippen molar-refractivity contribution in [2.75, 3.05) is 38.5 Å². The Balaban J connectivity index is 1.28. The third-order valence-corrected chi connectivity index (χ3v) is 9.46. The summed E-state index contributed by atoms with van der Waals surface area (Å²) in [6.45, 7) is 2.31. The lowest BCUT2D eigenvalue weighted by atomic mass is 10.1. The van der Waals surface area contributed by atoms with Gasteiger partial charge in [0, 0.05) is 44.3 Å². The highest BCUT2D eigenvalue weighted by Crippen LogP contribution is 2.23. The molecule has 2 fully saturated rings. The van der Waals surface area contributed by atoms with Crippen LogP contribution in [0.15, 0.2) is 58.3 Å². The van der Waals surface area contributed by atoms with Gasteiger partial charge in [0.25, 0.3) is 0 Å². The minimum absolute atomic E-state index is 0.0503. The molecule has 34 heavy (non-hydrogen) atoms. The van der Waals surface area contributed by atoms with Crippen LogP contribution in [0.25, 0.3) is 0 Å². The van der Waals surface area contributed by atoms with Crippen molar-refractivity contribution < 1.29 is 21.6 Å². The number of hydrogen-bond donors (Lipinski definition) is 2. The molecule has 2 N–H and O–H groups in total. The first-order valence-electron chi connectivity index (χ1n) is 11.3. The van der Waals surface area contributed by atoms with Gasteiger partial charge < -0.3 is 10.2 Å². The molecule has 4 rings (SSSR count). The van der Waals surface area contributed by atoms with E-state index in [2.05, 4.69) is 14.9 Å². The molecule has 0 atom stereocenters. The quantitative estimate of drug-likeness (QED) is 0.534. The molecule has 1 heterocycles. The Kier molecular flexibility index (Phi) is 7.39. The molecule has 0 spiro atoms. The van der Waals surface area contributed by atoms with E-state index < -0.39 is 20.0 Å². The maximum Gasteiger partial charge on any atom is 0.243 e. The summed E-state index contributed by atoms with van der Waals surface area (Å²) in [6, 6.07) is 12.8. The van der Waals surface area contributed by atoms with E-state index in [0.717, 1.165) is 18.4 Å². The minimum atomic E-state index is -3.55. The molecule has 0 bridgehead atoms. The lowest BCUT2D eigenvalue weighted by Crippen LogP contribution is -2.46. The van der Waals surface area contributed by atoms with Crippen molar-refractivity contribution in [2.24, 2.45) is 0 Å². The highest BCUT2D eigenvalue weighted by molar-refractivity contribution is 7.89. The summed E-state index contributed by atoms with van der Waals surface area (Å²) in [5.41, 5.74) is 1.38. The van der Waals surface area contributed by atoms with Crippen LogP contribution < -0.4 is 10.0 Å². The molecular weight excluding hydrogens is 476 g/mol. The van der Waals surface area contributed by atoms with E-state index in [0.29, 0.717) is 38.3 Å². The van der Waals surface area contributed by atoms with Crippen LogP contribution in [0.5, 0.6) is 0 Å². The average Bonchev–Trinajstić information content (AvgIpc) is 3.62. The van der Waals surface area contributed by atoms with Crippen LogP contribution in [0.2, 0.25) is 0 Å². The molecular formula is C23H30N4O5S2. The molecule has 0 radical (unpaired) electrons. The van der Waals surface area contributed by atoms with Crippen molar-refractivity contribution in [3.8, 4) is 0 Å². The number of carbonyl (C=O) groups is 1. The number of carbonyl (C=O) groups excluding carboxylic acids is 1. The van der Waals surface area contributed by atoms with Crippen LogP contribution in [-0.4, -0.2) is 71.2 Å². The fourth-order valence-electron chi connectivity index (χ4n) is 3.69. The number of piperazine rings is 1. The molecule has 2 aromatic rings. The van der Waals surface area contributed by atoms with Crippen molar-refractivity contribution in [1.29, 1.82) is 0 Å². The van der Waals surface area contributed by atoms with Gasteiger partial charge in [-0.15, -0.1) is 0 Å². The van der Waals surface area contributed by atoms with Gasteiger partial charge in [-0.3, -0.25) is 4.79 Å². The van der Waals surface area contributed by atoms with Crippen LogP contribution in [-0.2, 0) is 31.3 Å². The second kappa shape index (κ2) is 10.1. The van der Waals surface area contributed by atoms with Crippen molar-refractivity contribution in [2.45, 2.75) is 41.5 Å². The Labute approximate surface area is 201 Å². The van der Waals surface area contributed by atoms with Gasteiger partial charge in [-0.2, -0.15) is 4.31 Å². The summed E-state index contributed by atoms with van der Waals surface area (Å²) < 4.78 is 54.2. The van der Waals surface area contributed by atoms with Gasteiger partial charge in [0.1, 0.15) is 0 Å². The van der Waals surface area contributed by atoms with Gasteiger partial charge in [-0.05, 0) is 68.3 Å². The predicted molar refractivity (Wildman–Crippen MR) is 129 cm³/mol. The van der Waals surface area contributed by atoms with Crippen LogP contribution in [0.4, 0.5) is 5.69 Å². The Morgan fingerprint density at radius 3 is 2.06 bits per heavy atom. The van der Waals surface area contributed by atoms with Gasteiger partial charge in [0.2, 0.25) is 26.0 Å². The smallest absolute Gasteiger partial charge is 0.243 e. The van der Waals surface area contributed by atoms with E-state index in [9.17, 15) is 21.6 Å². The SMILES string of the molecule is CN1CCN(S(=O)(=O)c2ccc(NC(=O)CCc3ccc(S(=O)(=O)NC4CC4)cc3)cc2)CC1. The predicted octanol–water partition coefficient (Wildman–Crippen LogP) is 1.63. The monoisotopic (exact) mass is 506 g/mol. The molecule has 11 heteroatoms. The van der Waals surface area contributed by atoms with Crippen molar-refractivity contribution in [3.05, 3.63) is 54.1 Å². The number of likely N-dealkylation sites (N-methyl/N-ethyl adjacent to an activating group) is 1. The normalized spacial score (nSPS) is 18.0. The number of aryl methyl sites for hydroxylation is 1. The standard InChI is InChI=1S/C23H30N4O5S2/c1-26-14-16-27(17-15-26)34(31,32)22-11-7-19(8-12-22)24-23(28)13-4-18-2-9-21(10-3-18)33(29,30)25-20-5-6-20/h2-3,7-12,20,25H,4-6,13-17H2,1H3,(H,24,28). The van der Waals surface area contributed by atoms with E-state index in [1.807, 2.05) is 7.05 Å². The Morgan fingerprint density at radius 2 is 1.47 bits per heavy atom. The topological polar surface area (TPSA) is 116 Å². The zero-order valence-corrected chi connectivity index (χ0v) is 20.7. The summed E-state index contributed by atoms with van der Waals surface area (Å²) in [5.74, 6) is -0.207. The molecule has 1 saturated heterocycles. The third kappa shape index (κ3) is 6.22. The summed E-state index contributed by atoms with van der Waals surface area (Å²) in [7, 11) is -5.07. The van der Waals surface area contributed by atoms with Crippen molar-refractivity contribution in [3.63, 3.8) is 0 Å². The number of sulfonamides is 2. The molecule has 0 unspecified atom stereocenters. The highest BCUT2D eigenvalue weighted by Gasteiger charge is 2.28. The maximum atomic E-state index is 12.8. The first-order valence-corrected chi connectivity index (χ1v) is 14.3. The molecule has 184 valence electrons. The van der Waals surface area contributed by atoms with E-state index in [-0.39, 0.29) is 28.2 Å². The van der Waals surface area contributed by atoms with Crippen LogP contribution in [0.3, 0.4) is 0 Å². The minimum Gasteiger partial charge on any atom is -0.326 e. The van der Waals surface area contributed by atoms with Crippen LogP contribution >= 0.6 is 0 Å². The zero-order chi connectivity index (χ0) is 24.3. The number of nitrogens with zero attached hydrogens (tertiary/aromatic N) is 2. The molecule has 1 saturated carbocycles. The number of nitrogens with one attached hydrogen (secondary N) is 2.